The standard InChI is InChI=1S/C26H29ClN2O2S/c1-3-5-12-25-28-18-22(29(25)19-21-9-6-7-11-24(21)27)16-20(13-14-26(30)31-4-2)17-23-10-8-15-32-23/h6-11,13-16,18H,3-5,12,17,19H2,1-2H3. The largest absolute Gasteiger partial charge is 0.463 e. The minimum Gasteiger partial charge on any atom is -0.463 e. The highest BCUT2D eigenvalue weighted by atomic mass is 35.5. The van der Waals surface area contributed by atoms with E-state index in [1.54, 1.807) is 18.3 Å². The van der Waals surface area contributed by atoms with Crippen LogP contribution in [0.5, 0.6) is 0 Å². The molecule has 168 valence electrons. The molecule has 0 fully saturated rings. The first-order valence-electron chi connectivity index (χ1n) is 11.0. The number of halogens is 1. The third kappa shape index (κ3) is 6.94. The van der Waals surface area contributed by atoms with E-state index in [4.69, 9.17) is 21.3 Å². The van der Waals surface area contributed by atoms with Crippen molar-refractivity contribution < 1.29 is 9.53 Å². The molecule has 0 amide bonds. The zero-order chi connectivity index (χ0) is 22.8. The SMILES string of the molecule is CCCCc1ncc(C=C(C=CC(=O)OCC)Cc2cccs2)n1Cc1ccccc1Cl. The van der Waals surface area contributed by atoms with E-state index in [9.17, 15) is 4.79 Å². The quantitative estimate of drug-likeness (QED) is 0.178. The van der Waals surface area contributed by atoms with E-state index in [-0.39, 0.29) is 5.97 Å². The molecule has 0 radical (unpaired) electrons. The number of imidazole rings is 1. The number of hydrogen-bond acceptors (Lipinski definition) is 4. The second-order valence-electron chi connectivity index (χ2n) is 7.44. The lowest BCUT2D eigenvalue weighted by Gasteiger charge is -2.12. The molecule has 0 spiro atoms. The van der Waals surface area contributed by atoms with Crippen molar-refractivity contribution >= 4 is 35.0 Å². The minimum atomic E-state index is -0.335. The van der Waals surface area contributed by atoms with Crippen molar-refractivity contribution in [1.29, 1.82) is 0 Å². The van der Waals surface area contributed by atoms with E-state index in [0.717, 1.165) is 53.4 Å². The summed E-state index contributed by atoms with van der Waals surface area (Å²) in [6, 6.07) is 12.1. The number of benzene rings is 1. The van der Waals surface area contributed by atoms with Crippen LogP contribution in [0.1, 0.15) is 48.6 Å². The van der Waals surface area contributed by atoms with Gasteiger partial charge in [0.1, 0.15) is 5.82 Å². The van der Waals surface area contributed by atoms with Crippen LogP contribution >= 0.6 is 22.9 Å². The van der Waals surface area contributed by atoms with Gasteiger partial charge in [-0.2, -0.15) is 0 Å². The summed E-state index contributed by atoms with van der Waals surface area (Å²) < 4.78 is 7.29. The third-order valence-corrected chi connectivity index (χ3v) is 6.27. The topological polar surface area (TPSA) is 44.1 Å². The van der Waals surface area contributed by atoms with Gasteiger partial charge in [-0.15, -0.1) is 11.3 Å². The third-order valence-electron chi connectivity index (χ3n) is 5.02. The number of esters is 1. The van der Waals surface area contributed by atoms with Crippen LogP contribution in [0, 0.1) is 0 Å². The summed E-state index contributed by atoms with van der Waals surface area (Å²) in [5.74, 6) is 0.709. The Morgan fingerprint density at radius 2 is 2.03 bits per heavy atom. The van der Waals surface area contributed by atoms with Crippen molar-refractivity contribution in [2.45, 2.75) is 46.1 Å². The van der Waals surface area contributed by atoms with Crippen LogP contribution in [0.15, 0.2) is 65.7 Å². The van der Waals surface area contributed by atoms with E-state index in [1.807, 2.05) is 42.6 Å². The molecule has 2 aromatic heterocycles. The second kappa shape index (κ2) is 12.4. The zero-order valence-corrected chi connectivity index (χ0v) is 20.2. The molecule has 0 N–H and O–H groups in total. The smallest absolute Gasteiger partial charge is 0.330 e. The monoisotopic (exact) mass is 468 g/mol. The molecule has 0 aliphatic rings. The maximum absolute atomic E-state index is 11.9. The van der Waals surface area contributed by atoms with Crippen LogP contribution < -0.4 is 0 Å². The lowest BCUT2D eigenvalue weighted by molar-refractivity contribution is -0.137. The number of hydrogen-bond donors (Lipinski definition) is 0. The van der Waals surface area contributed by atoms with Crippen LogP contribution in [0.2, 0.25) is 5.02 Å². The van der Waals surface area contributed by atoms with Crippen molar-refractivity contribution in [1.82, 2.24) is 9.55 Å². The molecular formula is C26H29ClN2O2S. The van der Waals surface area contributed by atoms with Crippen LogP contribution in [-0.2, 0) is 28.9 Å². The average molecular weight is 469 g/mol. The fourth-order valence-corrected chi connectivity index (χ4v) is 4.32. The number of allylic oxidation sites excluding steroid dienone is 2. The fraction of sp³-hybridized carbons (Fsp3) is 0.308. The van der Waals surface area contributed by atoms with E-state index < -0.39 is 0 Å². The van der Waals surface area contributed by atoms with Crippen LogP contribution in [0.25, 0.3) is 6.08 Å². The van der Waals surface area contributed by atoms with Crippen LogP contribution in [0.4, 0.5) is 0 Å². The second-order valence-corrected chi connectivity index (χ2v) is 8.88. The number of aromatic nitrogens is 2. The number of ether oxygens (including phenoxy) is 1. The number of rotatable bonds is 11. The maximum atomic E-state index is 11.9. The molecular weight excluding hydrogens is 440 g/mol. The highest BCUT2D eigenvalue weighted by Crippen LogP contribution is 2.22. The van der Waals surface area contributed by atoms with Crippen molar-refractivity contribution in [2.24, 2.45) is 0 Å². The Balaban J connectivity index is 1.97. The minimum absolute atomic E-state index is 0.335. The van der Waals surface area contributed by atoms with Crippen molar-refractivity contribution in [2.75, 3.05) is 6.61 Å². The van der Waals surface area contributed by atoms with Crippen molar-refractivity contribution in [3.05, 3.63) is 92.7 Å². The van der Waals surface area contributed by atoms with Gasteiger partial charge < -0.3 is 9.30 Å². The Bertz CT molecular complexity index is 1070. The molecule has 0 saturated heterocycles. The Morgan fingerprint density at radius 3 is 2.75 bits per heavy atom. The predicted octanol–water partition coefficient (Wildman–Crippen LogP) is 6.73. The molecule has 0 atom stereocenters. The highest BCUT2D eigenvalue weighted by molar-refractivity contribution is 7.09. The van der Waals surface area contributed by atoms with Gasteiger partial charge in [0.25, 0.3) is 0 Å². The Hall–Kier alpha value is -2.63. The van der Waals surface area contributed by atoms with Gasteiger partial charge in [-0.3, -0.25) is 0 Å². The molecule has 0 aliphatic carbocycles. The maximum Gasteiger partial charge on any atom is 0.330 e. The van der Waals surface area contributed by atoms with E-state index in [1.165, 1.54) is 11.0 Å². The first-order chi connectivity index (χ1) is 15.6. The fourth-order valence-electron chi connectivity index (χ4n) is 3.39. The molecule has 3 rings (SSSR count). The molecule has 32 heavy (non-hydrogen) atoms. The summed E-state index contributed by atoms with van der Waals surface area (Å²) in [5.41, 5.74) is 3.07. The molecule has 0 unspecified atom stereocenters. The molecule has 4 nitrogen and oxygen atoms in total. The number of thiophene rings is 1. The number of nitrogens with zero attached hydrogens (tertiary/aromatic N) is 2. The lowest BCUT2D eigenvalue weighted by Crippen LogP contribution is -2.08. The molecule has 3 aromatic rings. The van der Waals surface area contributed by atoms with E-state index >= 15 is 0 Å². The number of carbonyl (C=O) groups excluding carboxylic acids is 1. The Kier molecular flexibility index (Phi) is 9.32. The number of carbonyl (C=O) groups is 1. The van der Waals surface area contributed by atoms with E-state index in [0.29, 0.717) is 13.2 Å². The summed E-state index contributed by atoms with van der Waals surface area (Å²) in [4.78, 5) is 17.9. The Labute approximate surface area is 199 Å². The number of aryl methyl sites for hydroxylation is 1. The van der Waals surface area contributed by atoms with Crippen LogP contribution in [0.3, 0.4) is 0 Å². The first-order valence-corrected chi connectivity index (χ1v) is 12.2. The molecule has 0 bridgehead atoms. The van der Waals surface area contributed by atoms with Gasteiger partial charge >= 0.3 is 5.97 Å². The zero-order valence-electron chi connectivity index (χ0n) is 18.6. The molecule has 2 heterocycles. The Morgan fingerprint density at radius 1 is 1.19 bits per heavy atom. The summed E-state index contributed by atoms with van der Waals surface area (Å²) in [6.45, 7) is 5.00. The van der Waals surface area contributed by atoms with Gasteiger partial charge in [-0.25, -0.2) is 9.78 Å². The van der Waals surface area contributed by atoms with Gasteiger partial charge in [0.15, 0.2) is 0 Å². The van der Waals surface area contributed by atoms with Crippen LogP contribution in [-0.4, -0.2) is 22.1 Å². The normalized spacial score (nSPS) is 11.9. The van der Waals surface area contributed by atoms with Gasteiger partial charge in [0.05, 0.1) is 25.0 Å². The average Bonchev–Trinajstić information content (AvgIpc) is 3.43. The lowest BCUT2D eigenvalue weighted by atomic mass is 10.1. The van der Waals surface area contributed by atoms with E-state index in [2.05, 4.69) is 29.0 Å². The van der Waals surface area contributed by atoms with Gasteiger partial charge in [-0.1, -0.05) is 55.3 Å². The van der Waals surface area contributed by atoms with Gasteiger partial charge in [-0.05, 0) is 48.1 Å². The van der Waals surface area contributed by atoms with Gasteiger partial charge in [0, 0.05) is 28.8 Å². The number of unbranched alkanes of at least 4 members (excludes halogenated alkanes) is 1. The summed E-state index contributed by atoms with van der Waals surface area (Å²) in [5, 5.41) is 2.81. The molecule has 1 aromatic carbocycles. The molecule has 0 aliphatic heterocycles. The molecule has 6 heteroatoms. The van der Waals surface area contributed by atoms with Crippen molar-refractivity contribution in [3.63, 3.8) is 0 Å². The predicted molar refractivity (Wildman–Crippen MR) is 133 cm³/mol. The summed E-state index contributed by atoms with van der Waals surface area (Å²) in [7, 11) is 0. The summed E-state index contributed by atoms with van der Waals surface area (Å²) >= 11 is 8.16. The van der Waals surface area contributed by atoms with Gasteiger partial charge in [0.2, 0.25) is 0 Å². The first kappa shape index (κ1) is 24.0. The van der Waals surface area contributed by atoms with Crippen molar-refractivity contribution in [3.8, 4) is 0 Å². The highest BCUT2D eigenvalue weighted by Gasteiger charge is 2.12. The summed E-state index contributed by atoms with van der Waals surface area (Å²) in [6.07, 6.45) is 11.2. The molecule has 0 saturated carbocycles.